The summed E-state index contributed by atoms with van der Waals surface area (Å²) >= 11 is 0. The maximum Gasteiger partial charge on any atom is 0.227 e. The highest BCUT2D eigenvalue weighted by Crippen LogP contribution is 2.19. The molecular formula is C17H15FN4O2. The number of carbonyl (C=O) groups is 1. The van der Waals surface area contributed by atoms with Crippen molar-refractivity contribution in [3.05, 3.63) is 66.1 Å². The van der Waals surface area contributed by atoms with Gasteiger partial charge >= 0.3 is 0 Å². The van der Waals surface area contributed by atoms with Crippen molar-refractivity contribution in [2.24, 2.45) is 0 Å². The van der Waals surface area contributed by atoms with Crippen LogP contribution in [0.3, 0.4) is 0 Å². The van der Waals surface area contributed by atoms with Crippen LogP contribution < -0.4 is 5.32 Å². The average Bonchev–Trinajstić information content (AvgIpc) is 3.08. The van der Waals surface area contributed by atoms with Crippen molar-refractivity contribution in [2.75, 3.05) is 0 Å². The van der Waals surface area contributed by atoms with Crippen LogP contribution in [-0.4, -0.2) is 21.0 Å². The van der Waals surface area contributed by atoms with Crippen LogP contribution >= 0.6 is 0 Å². The number of amides is 1. The van der Waals surface area contributed by atoms with Crippen LogP contribution in [0.4, 0.5) is 4.39 Å². The summed E-state index contributed by atoms with van der Waals surface area (Å²) in [4.78, 5) is 20.1. The van der Waals surface area contributed by atoms with Crippen LogP contribution in [0.25, 0.3) is 11.4 Å². The van der Waals surface area contributed by atoms with Gasteiger partial charge in [-0.3, -0.25) is 9.78 Å². The Morgan fingerprint density at radius 2 is 2.00 bits per heavy atom. The van der Waals surface area contributed by atoms with Crippen molar-refractivity contribution in [2.45, 2.75) is 19.4 Å². The standard InChI is InChI=1S/C17H15FN4O2/c18-14-7-2-1-6-13(14)17-21-16(24-22-17)9-8-15(23)20-11-12-5-3-4-10-19-12/h1-7,10H,8-9,11H2,(H,20,23). The molecule has 0 saturated heterocycles. The van der Waals surface area contributed by atoms with Crippen LogP contribution in [0.5, 0.6) is 0 Å². The van der Waals surface area contributed by atoms with Crippen LogP contribution in [-0.2, 0) is 17.8 Å². The molecule has 1 amide bonds. The molecule has 0 aliphatic rings. The van der Waals surface area contributed by atoms with E-state index in [1.54, 1.807) is 24.4 Å². The molecule has 0 radical (unpaired) electrons. The summed E-state index contributed by atoms with van der Waals surface area (Å²) < 4.78 is 18.7. The summed E-state index contributed by atoms with van der Waals surface area (Å²) in [5.74, 6) is -0.0949. The molecule has 122 valence electrons. The van der Waals surface area contributed by atoms with Gasteiger partial charge in [0.2, 0.25) is 17.6 Å². The third-order valence-corrected chi connectivity index (χ3v) is 3.34. The molecule has 2 heterocycles. The monoisotopic (exact) mass is 326 g/mol. The first kappa shape index (κ1) is 15.8. The molecule has 0 atom stereocenters. The molecule has 0 fully saturated rings. The number of rotatable bonds is 6. The van der Waals surface area contributed by atoms with Gasteiger partial charge in [-0.2, -0.15) is 4.98 Å². The number of nitrogens with one attached hydrogen (secondary N) is 1. The molecule has 0 aliphatic carbocycles. The number of pyridine rings is 1. The fourth-order valence-corrected chi connectivity index (χ4v) is 2.11. The Morgan fingerprint density at radius 3 is 2.79 bits per heavy atom. The Morgan fingerprint density at radius 1 is 1.17 bits per heavy atom. The average molecular weight is 326 g/mol. The Labute approximate surface area is 137 Å². The van der Waals surface area contributed by atoms with E-state index in [1.807, 2.05) is 18.2 Å². The minimum absolute atomic E-state index is 0.147. The Balaban J connectivity index is 1.52. The number of benzene rings is 1. The second-order valence-electron chi connectivity index (χ2n) is 5.09. The number of hydrogen-bond donors (Lipinski definition) is 1. The van der Waals surface area contributed by atoms with E-state index in [9.17, 15) is 9.18 Å². The molecule has 1 N–H and O–H groups in total. The van der Waals surface area contributed by atoms with Crippen LogP contribution in [0.15, 0.2) is 53.2 Å². The van der Waals surface area contributed by atoms with Gasteiger partial charge in [0.15, 0.2) is 0 Å². The van der Waals surface area contributed by atoms with Crippen molar-refractivity contribution in [3.8, 4) is 11.4 Å². The lowest BCUT2D eigenvalue weighted by Gasteiger charge is -2.03. The number of hydrogen-bond acceptors (Lipinski definition) is 5. The molecule has 3 rings (SSSR count). The van der Waals surface area contributed by atoms with Crippen molar-refractivity contribution < 1.29 is 13.7 Å². The molecule has 2 aromatic heterocycles. The zero-order chi connectivity index (χ0) is 16.8. The van der Waals surface area contributed by atoms with Gasteiger partial charge in [-0.15, -0.1) is 0 Å². The van der Waals surface area contributed by atoms with E-state index in [4.69, 9.17) is 4.52 Å². The maximum absolute atomic E-state index is 13.7. The summed E-state index contributed by atoms with van der Waals surface area (Å²) in [6.07, 6.45) is 2.16. The largest absolute Gasteiger partial charge is 0.350 e. The Bertz CT molecular complexity index is 820. The minimum atomic E-state index is -0.419. The molecule has 24 heavy (non-hydrogen) atoms. The highest BCUT2D eigenvalue weighted by Gasteiger charge is 2.13. The fourth-order valence-electron chi connectivity index (χ4n) is 2.11. The molecular weight excluding hydrogens is 311 g/mol. The summed E-state index contributed by atoms with van der Waals surface area (Å²) in [7, 11) is 0. The van der Waals surface area contributed by atoms with Crippen LogP contribution in [0, 0.1) is 5.82 Å². The first-order valence-electron chi connectivity index (χ1n) is 7.46. The Kier molecular flexibility index (Phi) is 4.90. The summed E-state index contributed by atoms with van der Waals surface area (Å²) in [5.41, 5.74) is 1.05. The van der Waals surface area contributed by atoms with Crippen molar-refractivity contribution in [1.29, 1.82) is 0 Å². The maximum atomic E-state index is 13.7. The van der Waals surface area contributed by atoms with Crippen molar-refractivity contribution in [3.63, 3.8) is 0 Å². The highest BCUT2D eigenvalue weighted by molar-refractivity contribution is 5.75. The van der Waals surface area contributed by atoms with Gasteiger partial charge < -0.3 is 9.84 Å². The fraction of sp³-hybridized carbons (Fsp3) is 0.176. The van der Waals surface area contributed by atoms with E-state index in [0.717, 1.165) is 5.69 Å². The molecule has 0 saturated carbocycles. The number of aryl methyl sites for hydroxylation is 1. The van der Waals surface area contributed by atoms with Gasteiger partial charge in [-0.05, 0) is 24.3 Å². The highest BCUT2D eigenvalue weighted by atomic mass is 19.1. The third kappa shape index (κ3) is 4.01. The third-order valence-electron chi connectivity index (χ3n) is 3.34. The van der Waals surface area contributed by atoms with Gasteiger partial charge in [0.05, 0.1) is 17.8 Å². The zero-order valence-electron chi connectivity index (χ0n) is 12.8. The number of aromatic nitrogens is 3. The molecule has 0 bridgehead atoms. The molecule has 1 aromatic carbocycles. The first-order chi connectivity index (χ1) is 11.7. The van der Waals surface area contributed by atoms with Gasteiger partial charge in [-0.1, -0.05) is 23.4 Å². The zero-order valence-corrected chi connectivity index (χ0v) is 12.8. The van der Waals surface area contributed by atoms with E-state index in [1.165, 1.54) is 6.07 Å². The van der Waals surface area contributed by atoms with E-state index in [-0.39, 0.29) is 30.1 Å². The summed E-state index contributed by atoms with van der Waals surface area (Å²) in [6, 6.07) is 11.7. The lowest BCUT2D eigenvalue weighted by atomic mass is 10.2. The number of nitrogens with zero attached hydrogens (tertiary/aromatic N) is 3. The van der Waals surface area contributed by atoms with Gasteiger partial charge in [0.25, 0.3) is 0 Å². The lowest BCUT2D eigenvalue weighted by molar-refractivity contribution is -0.121. The molecule has 6 nitrogen and oxygen atoms in total. The van der Waals surface area contributed by atoms with Gasteiger partial charge in [0.1, 0.15) is 5.82 Å². The van der Waals surface area contributed by atoms with E-state index in [0.29, 0.717) is 12.4 Å². The second kappa shape index (κ2) is 7.45. The SMILES string of the molecule is O=C(CCc1nc(-c2ccccc2F)no1)NCc1ccccn1. The van der Waals surface area contributed by atoms with Crippen LogP contribution in [0.2, 0.25) is 0 Å². The predicted molar refractivity (Wildman–Crippen MR) is 84.1 cm³/mol. The van der Waals surface area contributed by atoms with E-state index >= 15 is 0 Å². The van der Waals surface area contributed by atoms with Crippen molar-refractivity contribution in [1.82, 2.24) is 20.4 Å². The number of halogens is 1. The predicted octanol–water partition coefficient (Wildman–Crippen LogP) is 2.52. The Hall–Kier alpha value is -3.09. The molecule has 0 spiro atoms. The van der Waals surface area contributed by atoms with Gasteiger partial charge in [-0.25, -0.2) is 4.39 Å². The lowest BCUT2D eigenvalue weighted by Crippen LogP contribution is -2.23. The molecule has 0 aliphatic heterocycles. The quantitative estimate of drug-likeness (QED) is 0.753. The molecule has 0 unspecified atom stereocenters. The minimum Gasteiger partial charge on any atom is -0.350 e. The molecule has 7 heteroatoms. The van der Waals surface area contributed by atoms with Crippen molar-refractivity contribution >= 4 is 5.91 Å². The molecule has 3 aromatic rings. The van der Waals surface area contributed by atoms with Crippen LogP contribution in [0.1, 0.15) is 18.0 Å². The van der Waals surface area contributed by atoms with E-state index < -0.39 is 5.82 Å². The summed E-state index contributed by atoms with van der Waals surface area (Å²) in [6.45, 7) is 0.365. The smallest absolute Gasteiger partial charge is 0.227 e. The topological polar surface area (TPSA) is 80.9 Å². The summed E-state index contributed by atoms with van der Waals surface area (Å²) in [5, 5.41) is 6.52. The van der Waals surface area contributed by atoms with Gasteiger partial charge in [0, 0.05) is 19.0 Å². The number of carbonyl (C=O) groups excluding carboxylic acids is 1. The normalized spacial score (nSPS) is 10.5. The first-order valence-corrected chi connectivity index (χ1v) is 7.46. The second-order valence-corrected chi connectivity index (χ2v) is 5.09. The van der Waals surface area contributed by atoms with E-state index in [2.05, 4.69) is 20.4 Å².